The fraction of sp³-hybridized carbons (Fsp3) is 0.154. The Bertz CT molecular complexity index is 1650. The van der Waals surface area contributed by atoms with Crippen molar-refractivity contribution in [1.29, 1.82) is 0 Å². The monoisotopic (exact) mass is 554 g/mol. The van der Waals surface area contributed by atoms with E-state index in [1.165, 1.54) is 35.4 Å². The molecule has 7 nitrogen and oxygen atoms in total. The van der Waals surface area contributed by atoms with Crippen LogP contribution >= 0.6 is 23.3 Å². The molecule has 0 atom stereocenters. The van der Waals surface area contributed by atoms with Crippen molar-refractivity contribution in [2.24, 2.45) is 10.1 Å². The van der Waals surface area contributed by atoms with E-state index in [1.54, 1.807) is 24.5 Å². The summed E-state index contributed by atoms with van der Waals surface area (Å²) in [6.45, 7) is 3.92. The Morgan fingerprint density at radius 2 is 1.92 bits per heavy atom. The fourth-order valence-electron chi connectivity index (χ4n) is 3.93. The molecule has 0 saturated heterocycles. The Balaban J connectivity index is 1.37. The second-order valence-corrected chi connectivity index (χ2v) is 10.0. The van der Waals surface area contributed by atoms with E-state index in [-0.39, 0.29) is 5.75 Å². The molecule has 0 aliphatic rings. The minimum atomic E-state index is -4.73. The van der Waals surface area contributed by atoms with Crippen LogP contribution in [0.15, 0.2) is 71.0 Å². The molecule has 5 aromatic rings. The Labute approximate surface area is 224 Å². The molecular weight excluding hydrogens is 533 g/mol. The summed E-state index contributed by atoms with van der Waals surface area (Å²) in [6.07, 6.45) is 2.51. The minimum Gasteiger partial charge on any atom is -0.406 e. The van der Waals surface area contributed by atoms with Gasteiger partial charge in [0.1, 0.15) is 17.1 Å². The molecule has 0 aliphatic heterocycles. The lowest BCUT2D eigenvalue weighted by Crippen LogP contribution is -2.16. The second kappa shape index (κ2) is 10.5. The number of nitrogens with zero attached hydrogens (tertiary/aromatic N) is 5. The second-order valence-electron chi connectivity index (χ2n) is 8.24. The number of alkyl halides is 3. The molecule has 12 heteroatoms. The average Bonchev–Trinajstić information content (AvgIpc) is 3.46. The van der Waals surface area contributed by atoms with Gasteiger partial charge in [-0.3, -0.25) is 9.83 Å². The SMILES string of the molecule is CSC(=Nc1c(C)nsc1C)N/N=C/c1ccc2c(ccn3c(-c4ccc(OC(F)(F)F)cc4)cnc23)c1. The number of nitrogens with one attached hydrogen (secondary N) is 1. The zero-order valence-electron chi connectivity index (χ0n) is 20.4. The van der Waals surface area contributed by atoms with Crippen LogP contribution in [0.3, 0.4) is 0 Å². The van der Waals surface area contributed by atoms with Crippen molar-refractivity contribution in [3.8, 4) is 17.0 Å². The van der Waals surface area contributed by atoms with Crippen LogP contribution < -0.4 is 10.2 Å². The zero-order chi connectivity index (χ0) is 26.9. The van der Waals surface area contributed by atoms with Crippen molar-refractivity contribution in [3.63, 3.8) is 0 Å². The number of halogens is 3. The molecule has 2 aromatic carbocycles. The number of hydrogen-bond acceptors (Lipinski definition) is 7. The number of aryl methyl sites for hydroxylation is 2. The van der Waals surface area contributed by atoms with E-state index >= 15 is 0 Å². The molecular formula is C26H21F3N6OS2. The van der Waals surface area contributed by atoms with E-state index in [1.807, 2.05) is 55.0 Å². The number of fused-ring (bicyclic) bond motifs is 3. The van der Waals surface area contributed by atoms with Crippen LogP contribution in [0.1, 0.15) is 16.1 Å². The van der Waals surface area contributed by atoms with Gasteiger partial charge in [0.2, 0.25) is 0 Å². The lowest BCUT2D eigenvalue weighted by molar-refractivity contribution is -0.274. The maximum Gasteiger partial charge on any atom is 0.573 e. The minimum absolute atomic E-state index is 0.270. The van der Waals surface area contributed by atoms with Crippen LogP contribution in [0.2, 0.25) is 0 Å². The van der Waals surface area contributed by atoms with Crippen molar-refractivity contribution < 1.29 is 17.9 Å². The summed E-state index contributed by atoms with van der Waals surface area (Å²) in [7, 11) is 0. The van der Waals surface area contributed by atoms with E-state index in [9.17, 15) is 13.2 Å². The number of amidine groups is 1. The fourth-order valence-corrected chi connectivity index (χ4v) is 4.89. The summed E-state index contributed by atoms with van der Waals surface area (Å²) in [5, 5.41) is 6.92. The van der Waals surface area contributed by atoms with Gasteiger partial charge >= 0.3 is 6.36 Å². The van der Waals surface area contributed by atoms with E-state index in [0.29, 0.717) is 5.17 Å². The third kappa shape index (κ3) is 5.50. The standard InChI is InChI=1S/C26H21F3N6OS2/c1-15-23(16(2)38-34-15)32-25(37-3)33-31-13-17-4-9-21-19(12-17)10-11-35-22(14-30-24(21)35)18-5-7-20(8-6-18)36-26(27,28)29/h4-14H,1-3H3,(H,32,33)/b31-13+. The van der Waals surface area contributed by atoms with Gasteiger partial charge in [-0.2, -0.15) is 9.47 Å². The number of hydrogen-bond donors (Lipinski definition) is 1. The molecule has 0 aliphatic carbocycles. The van der Waals surface area contributed by atoms with Gasteiger partial charge in [-0.15, -0.1) is 13.2 Å². The summed E-state index contributed by atoms with van der Waals surface area (Å²) in [6, 6.07) is 13.6. The number of benzene rings is 2. The van der Waals surface area contributed by atoms with Crippen molar-refractivity contribution in [2.75, 3.05) is 6.26 Å². The largest absolute Gasteiger partial charge is 0.573 e. The van der Waals surface area contributed by atoms with Crippen LogP contribution in [0.4, 0.5) is 18.9 Å². The summed E-state index contributed by atoms with van der Waals surface area (Å²) in [4.78, 5) is 10.2. The smallest absolute Gasteiger partial charge is 0.406 e. The topological polar surface area (TPSA) is 76.2 Å². The van der Waals surface area contributed by atoms with Crippen molar-refractivity contribution in [1.82, 2.24) is 19.2 Å². The molecule has 194 valence electrons. The zero-order valence-corrected chi connectivity index (χ0v) is 22.1. The summed E-state index contributed by atoms with van der Waals surface area (Å²) >= 11 is 2.89. The van der Waals surface area contributed by atoms with Gasteiger partial charge < -0.3 is 4.74 Å². The Morgan fingerprint density at radius 1 is 1.13 bits per heavy atom. The lowest BCUT2D eigenvalue weighted by Gasteiger charge is -2.09. The molecule has 0 spiro atoms. The van der Waals surface area contributed by atoms with E-state index < -0.39 is 6.36 Å². The normalized spacial score (nSPS) is 12.6. The third-order valence-corrected chi connectivity index (χ3v) is 7.08. The molecule has 38 heavy (non-hydrogen) atoms. The number of rotatable bonds is 5. The van der Waals surface area contributed by atoms with Gasteiger partial charge in [-0.25, -0.2) is 9.98 Å². The highest BCUT2D eigenvalue weighted by molar-refractivity contribution is 8.13. The maximum absolute atomic E-state index is 12.5. The molecule has 1 N–H and O–H groups in total. The van der Waals surface area contributed by atoms with E-state index in [0.717, 1.165) is 49.5 Å². The van der Waals surface area contributed by atoms with Crippen LogP contribution in [-0.4, -0.2) is 37.8 Å². The van der Waals surface area contributed by atoms with Gasteiger partial charge in [-0.05, 0) is 85.0 Å². The highest BCUT2D eigenvalue weighted by Gasteiger charge is 2.31. The van der Waals surface area contributed by atoms with E-state index in [4.69, 9.17) is 0 Å². The first-order valence-corrected chi connectivity index (χ1v) is 13.3. The van der Waals surface area contributed by atoms with Gasteiger partial charge in [0, 0.05) is 22.0 Å². The number of pyridine rings is 1. The van der Waals surface area contributed by atoms with Crippen LogP contribution in [0, 0.1) is 13.8 Å². The first-order valence-electron chi connectivity index (χ1n) is 11.3. The molecule has 0 fully saturated rings. The highest BCUT2D eigenvalue weighted by atomic mass is 32.2. The number of aromatic nitrogens is 3. The first-order chi connectivity index (χ1) is 18.2. The molecule has 0 saturated carbocycles. The predicted molar refractivity (Wildman–Crippen MR) is 148 cm³/mol. The number of imidazole rings is 1. The van der Waals surface area contributed by atoms with Crippen LogP contribution in [-0.2, 0) is 0 Å². The van der Waals surface area contributed by atoms with Crippen molar-refractivity contribution in [3.05, 3.63) is 77.1 Å². The summed E-state index contributed by atoms with van der Waals surface area (Å²) < 4.78 is 47.6. The van der Waals surface area contributed by atoms with Gasteiger partial charge in [0.25, 0.3) is 0 Å². The number of aliphatic imine (C=N–C) groups is 1. The summed E-state index contributed by atoms with van der Waals surface area (Å²) in [5.74, 6) is -0.270. The molecule has 0 unspecified atom stereocenters. The van der Waals surface area contributed by atoms with Gasteiger partial charge in [0.15, 0.2) is 5.17 Å². The molecule has 5 rings (SSSR count). The molecule has 0 radical (unpaired) electrons. The Morgan fingerprint density at radius 3 is 2.61 bits per heavy atom. The molecule has 0 amide bonds. The van der Waals surface area contributed by atoms with Crippen molar-refractivity contribution in [2.45, 2.75) is 20.2 Å². The lowest BCUT2D eigenvalue weighted by atomic mass is 10.1. The molecule has 0 bridgehead atoms. The highest BCUT2D eigenvalue weighted by Crippen LogP contribution is 2.30. The maximum atomic E-state index is 12.5. The Kier molecular flexibility index (Phi) is 7.09. The van der Waals surface area contributed by atoms with E-state index in [2.05, 4.69) is 29.6 Å². The molecule has 3 heterocycles. The average molecular weight is 555 g/mol. The van der Waals surface area contributed by atoms with Crippen LogP contribution in [0.25, 0.3) is 27.7 Å². The van der Waals surface area contributed by atoms with Crippen LogP contribution in [0.5, 0.6) is 5.75 Å². The first kappa shape index (κ1) is 25.7. The number of hydrazone groups is 1. The van der Waals surface area contributed by atoms with Crippen molar-refractivity contribution >= 4 is 56.8 Å². The number of thioether (sulfide) groups is 1. The Hall–Kier alpha value is -3.90. The molecule has 3 aromatic heterocycles. The third-order valence-electron chi connectivity index (χ3n) is 5.68. The summed E-state index contributed by atoms with van der Waals surface area (Å²) in [5.41, 5.74) is 7.86. The quantitative estimate of drug-likeness (QED) is 0.142. The number of ether oxygens (including phenoxy) is 1. The van der Waals surface area contributed by atoms with Gasteiger partial charge in [-0.1, -0.05) is 17.8 Å². The predicted octanol–water partition coefficient (Wildman–Crippen LogP) is 7.10. The van der Waals surface area contributed by atoms with Gasteiger partial charge in [0.05, 0.1) is 23.8 Å².